The highest BCUT2D eigenvalue weighted by Gasteiger charge is 2.06. The second-order valence-electron chi connectivity index (χ2n) is 5.02. The second-order valence-corrected chi connectivity index (χ2v) is 5.02. The summed E-state index contributed by atoms with van der Waals surface area (Å²) in [6.07, 6.45) is 4.78. The van der Waals surface area contributed by atoms with E-state index in [0.29, 0.717) is 17.9 Å². The van der Waals surface area contributed by atoms with Crippen molar-refractivity contribution in [3.05, 3.63) is 54.0 Å². The number of rotatable bonds is 7. The Morgan fingerprint density at radius 3 is 2.68 bits per heavy atom. The Morgan fingerprint density at radius 1 is 1.18 bits per heavy atom. The molecule has 0 radical (unpaired) electrons. The van der Waals surface area contributed by atoms with Crippen LogP contribution in [0.2, 0.25) is 0 Å². The van der Waals surface area contributed by atoms with E-state index in [1.165, 1.54) is 12.1 Å². The summed E-state index contributed by atoms with van der Waals surface area (Å²) in [6, 6.07) is 9.33. The maximum absolute atomic E-state index is 12.9. The van der Waals surface area contributed by atoms with E-state index in [-0.39, 0.29) is 11.7 Å². The zero-order chi connectivity index (χ0) is 15.8. The third-order valence-electron chi connectivity index (χ3n) is 3.20. The van der Waals surface area contributed by atoms with Crippen molar-refractivity contribution < 1.29 is 9.18 Å². The number of pyridine rings is 1. The number of amides is 1. The normalized spacial score (nSPS) is 10.3. The summed E-state index contributed by atoms with van der Waals surface area (Å²) in [4.78, 5) is 16.2. The minimum absolute atomic E-state index is 0.111. The van der Waals surface area contributed by atoms with E-state index in [2.05, 4.69) is 22.5 Å². The van der Waals surface area contributed by atoms with Gasteiger partial charge in [0.25, 0.3) is 5.91 Å². The highest BCUT2D eigenvalue weighted by molar-refractivity contribution is 5.94. The lowest BCUT2D eigenvalue weighted by Crippen LogP contribution is -2.24. The van der Waals surface area contributed by atoms with Gasteiger partial charge in [0.15, 0.2) is 0 Å². The third-order valence-corrected chi connectivity index (χ3v) is 3.20. The van der Waals surface area contributed by atoms with E-state index >= 15 is 0 Å². The molecular weight excluding hydrogens is 281 g/mol. The fraction of sp³-hybridized carbons (Fsp3) is 0.294. The van der Waals surface area contributed by atoms with Crippen LogP contribution in [0.5, 0.6) is 0 Å². The van der Waals surface area contributed by atoms with Crippen LogP contribution in [0.3, 0.4) is 0 Å². The molecule has 4 nitrogen and oxygen atoms in total. The first-order valence-electron chi connectivity index (χ1n) is 7.46. The Labute approximate surface area is 129 Å². The lowest BCUT2D eigenvalue weighted by Gasteiger charge is -2.08. The highest BCUT2D eigenvalue weighted by Crippen LogP contribution is 2.15. The first-order chi connectivity index (χ1) is 10.7. The van der Waals surface area contributed by atoms with Crippen LogP contribution in [0.1, 0.15) is 36.5 Å². The van der Waals surface area contributed by atoms with Crippen molar-refractivity contribution >= 4 is 17.4 Å². The van der Waals surface area contributed by atoms with Gasteiger partial charge in [-0.05, 0) is 42.8 Å². The van der Waals surface area contributed by atoms with Crippen molar-refractivity contribution in [2.45, 2.75) is 26.2 Å². The van der Waals surface area contributed by atoms with Crippen molar-refractivity contribution in [3.8, 4) is 0 Å². The molecule has 1 aromatic heterocycles. The standard InChI is InChI=1S/C17H20FN3O/c1-2-3-4-10-20-17(22)13-9-11-19-16(12-13)21-15-7-5-14(18)6-8-15/h5-9,11-12H,2-4,10H2,1H3,(H,19,21)(H,20,22). The highest BCUT2D eigenvalue weighted by atomic mass is 19.1. The molecule has 0 aliphatic carbocycles. The predicted octanol–water partition coefficient (Wildman–Crippen LogP) is 3.88. The third kappa shape index (κ3) is 4.84. The van der Waals surface area contributed by atoms with E-state index in [0.717, 1.165) is 24.9 Å². The van der Waals surface area contributed by atoms with E-state index in [1.807, 2.05) is 0 Å². The molecule has 22 heavy (non-hydrogen) atoms. The number of halogens is 1. The zero-order valence-corrected chi connectivity index (χ0v) is 12.6. The average molecular weight is 301 g/mol. The van der Waals surface area contributed by atoms with Gasteiger partial charge in [-0.3, -0.25) is 4.79 Å². The molecule has 0 saturated heterocycles. The number of unbranched alkanes of at least 4 members (excludes halogenated alkanes) is 2. The molecule has 0 saturated carbocycles. The maximum atomic E-state index is 12.9. The molecule has 0 fully saturated rings. The molecule has 116 valence electrons. The summed E-state index contributed by atoms with van der Waals surface area (Å²) in [6.45, 7) is 2.80. The molecule has 0 bridgehead atoms. The number of carbonyl (C=O) groups is 1. The fourth-order valence-corrected chi connectivity index (χ4v) is 2.00. The molecule has 1 amide bonds. The van der Waals surface area contributed by atoms with Crippen molar-refractivity contribution in [2.24, 2.45) is 0 Å². The monoisotopic (exact) mass is 301 g/mol. The maximum Gasteiger partial charge on any atom is 0.251 e. The molecule has 1 aromatic carbocycles. The SMILES string of the molecule is CCCCCNC(=O)c1ccnc(Nc2ccc(F)cc2)c1. The van der Waals surface area contributed by atoms with Gasteiger partial charge < -0.3 is 10.6 Å². The number of anilines is 2. The summed E-state index contributed by atoms with van der Waals surface area (Å²) in [7, 11) is 0. The van der Waals surface area contributed by atoms with Crippen molar-refractivity contribution in [1.29, 1.82) is 0 Å². The Balaban J connectivity index is 1.97. The summed E-state index contributed by atoms with van der Waals surface area (Å²) < 4.78 is 12.9. The van der Waals surface area contributed by atoms with Crippen LogP contribution >= 0.6 is 0 Å². The molecule has 0 atom stereocenters. The Kier molecular flexibility index (Phi) is 5.89. The quantitative estimate of drug-likeness (QED) is 0.763. The fourth-order valence-electron chi connectivity index (χ4n) is 2.00. The molecule has 2 N–H and O–H groups in total. The summed E-state index contributed by atoms with van der Waals surface area (Å²) >= 11 is 0. The molecule has 1 heterocycles. The van der Waals surface area contributed by atoms with Gasteiger partial charge in [0.05, 0.1) is 0 Å². The Morgan fingerprint density at radius 2 is 1.95 bits per heavy atom. The lowest BCUT2D eigenvalue weighted by molar-refractivity contribution is 0.0953. The van der Waals surface area contributed by atoms with Crippen LogP contribution in [-0.4, -0.2) is 17.4 Å². The number of hydrogen-bond donors (Lipinski definition) is 2. The molecule has 0 aliphatic rings. The summed E-state index contributed by atoms with van der Waals surface area (Å²) in [5.41, 5.74) is 1.27. The molecule has 0 spiro atoms. The molecular formula is C17H20FN3O. The lowest BCUT2D eigenvalue weighted by atomic mass is 10.2. The number of aromatic nitrogens is 1. The minimum atomic E-state index is -0.293. The van der Waals surface area contributed by atoms with Crippen molar-refractivity contribution in [2.75, 3.05) is 11.9 Å². The largest absolute Gasteiger partial charge is 0.352 e. The van der Waals surface area contributed by atoms with Crippen molar-refractivity contribution in [1.82, 2.24) is 10.3 Å². The number of nitrogens with one attached hydrogen (secondary N) is 2. The molecule has 0 aliphatic heterocycles. The van der Waals surface area contributed by atoms with Crippen LogP contribution in [0.15, 0.2) is 42.6 Å². The van der Waals surface area contributed by atoms with Gasteiger partial charge in [-0.2, -0.15) is 0 Å². The van der Waals surface area contributed by atoms with E-state index < -0.39 is 0 Å². The zero-order valence-electron chi connectivity index (χ0n) is 12.6. The van der Waals surface area contributed by atoms with Crippen molar-refractivity contribution in [3.63, 3.8) is 0 Å². The van der Waals surface area contributed by atoms with E-state index in [1.54, 1.807) is 30.5 Å². The average Bonchev–Trinajstić information content (AvgIpc) is 2.54. The first-order valence-corrected chi connectivity index (χ1v) is 7.46. The van der Waals surface area contributed by atoms with Gasteiger partial charge >= 0.3 is 0 Å². The van der Waals surface area contributed by atoms with Crippen LogP contribution in [0.25, 0.3) is 0 Å². The predicted molar refractivity (Wildman–Crippen MR) is 85.8 cm³/mol. The second kappa shape index (κ2) is 8.12. The summed E-state index contributed by atoms with van der Waals surface area (Å²) in [5.74, 6) is 0.146. The smallest absolute Gasteiger partial charge is 0.251 e. The van der Waals surface area contributed by atoms with Crippen LogP contribution in [0.4, 0.5) is 15.9 Å². The van der Waals surface area contributed by atoms with Crippen LogP contribution in [0, 0.1) is 5.82 Å². The van der Waals surface area contributed by atoms with Gasteiger partial charge in [0.2, 0.25) is 0 Å². The molecule has 5 heteroatoms. The van der Waals surface area contributed by atoms with E-state index in [4.69, 9.17) is 0 Å². The van der Waals surface area contributed by atoms with Gasteiger partial charge in [-0.25, -0.2) is 9.37 Å². The Hall–Kier alpha value is -2.43. The number of hydrogen-bond acceptors (Lipinski definition) is 3. The first kappa shape index (κ1) is 15.9. The summed E-state index contributed by atoms with van der Waals surface area (Å²) in [5, 5.41) is 5.93. The van der Waals surface area contributed by atoms with Gasteiger partial charge in [-0.1, -0.05) is 19.8 Å². The minimum Gasteiger partial charge on any atom is -0.352 e. The Bertz CT molecular complexity index is 614. The number of nitrogens with zero attached hydrogens (tertiary/aromatic N) is 1. The van der Waals surface area contributed by atoms with Crippen LogP contribution < -0.4 is 10.6 Å². The van der Waals surface area contributed by atoms with Gasteiger partial charge in [0, 0.05) is 24.0 Å². The van der Waals surface area contributed by atoms with Crippen LogP contribution in [-0.2, 0) is 0 Å². The number of carbonyl (C=O) groups excluding carboxylic acids is 1. The van der Waals surface area contributed by atoms with Gasteiger partial charge in [0.1, 0.15) is 11.6 Å². The molecule has 0 unspecified atom stereocenters. The van der Waals surface area contributed by atoms with E-state index in [9.17, 15) is 9.18 Å². The number of benzene rings is 1. The molecule has 2 aromatic rings. The molecule has 2 rings (SSSR count). The van der Waals surface area contributed by atoms with Gasteiger partial charge in [-0.15, -0.1) is 0 Å². The topological polar surface area (TPSA) is 54.0 Å².